The Balaban J connectivity index is 1.41. The Kier molecular flexibility index (Phi) is 7.40. The van der Waals surface area contributed by atoms with E-state index in [9.17, 15) is 9.59 Å². The van der Waals surface area contributed by atoms with E-state index in [1.165, 1.54) is 6.21 Å². The van der Waals surface area contributed by atoms with Crippen LogP contribution in [0.3, 0.4) is 0 Å². The van der Waals surface area contributed by atoms with Gasteiger partial charge in [0.05, 0.1) is 11.8 Å². The van der Waals surface area contributed by atoms with Gasteiger partial charge in [-0.2, -0.15) is 5.10 Å². The minimum Gasteiger partial charge on any atom is -0.422 e. The fourth-order valence-corrected chi connectivity index (χ4v) is 4.65. The molecule has 0 aliphatic heterocycles. The summed E-state index contributed by atoms with van der Waals surface area (Å²) < 4.78 is 6.39. The maximum absolute atomic E-state index is 13.2. The quantitative estimate of drug-likeness (QED) is 0.0933. The van der Waals surface area contributed by atoms with Gasteiger partial charge in [0.1, 0.15) is 11.4 Å². The Morgan fingerprint density at radius 1 is 0.974 bits per heavy atom. The third-order valence-corrected chi connectivity index (χ3v) is 6.58. The molecule has 0 bridgehead atoms. The van der Waals surface area contributed by atoms with E-state index < -0.39 is 11.9 Å². The molecule has 0 aliphatic rings. The summed E-state index contributed by atoms with van der Waals surface area (Å²) in [5.41, 5.74) is 7.21. The summed E-state index contributed by atoms with van der Waals surface area (Å²) in [5, 5.41) is 5.55. The molecular weight excluding hydrogens is 566 g/mol. The van der Waals surface area contributed by atoms with Crippen molar-refractivity contribution in [2.75, 3.05) is 0 Å². The van der Waals surface area contributed by atoms with Gasteiger partial charge in [0.15, 0.2) is 0 Å². The largest absolute Gasteiger partial charge is 0.422 e. The van der Waals surface area contributed by atoms with Crippen molar-refractivity contribution in [2.24, 2.45) is 5.10 Å². The fraction of sp³-hybridized carbons (Fsp3) is 0.0333. The zero-order valence-corrected chi connectivity index (χ0v) is 22.5. The third-order valence-electron chi connectivity index (χ3n) is 5.85. The number of halogens is 2. The van der Waals surface area contributed by atoms with E-state index in [-0.39, 0.29) is 0 Å². The number of carbonyl (C=O) groups is 2. The van der Waals surface area contributed by atoms with Crippen molar-refractivity contribution >= 4 is 56.5 Å². The number of nitrogens with zero attached hydrogens (tertiary/aromatic N) is 1. The SMILES string of the molecule is Cc1cccc(C(=O)Oc2ccc(Br)cc2C=NNC(=O)c2[nH]c3ccc(Cl)cc3c2-c2ccccc2)c1. The number of hydrogen-bond donors (Lipinski definition) is 2. The van der Waals surface area contributed by atoms with Gasteiger partial charge in [0.2, 0.25) is 0 Å². The molecule has 0 saturated heterocycles. The average molecular weight is 587 g/mol. The standard InChI is InChI=1S/C30H21BrClN3O3/c1-18-6-5-9-20(14-18)30(37)38-26-13-10-22(31)15-21(26)17-33-35-29(36)28-27(19-7-3-2-4-8-19)24-16-23(32)11-12-25(24)34-28/h2-17,34H,1H3,(H,35,36). The Morgan fingerprint density at radius 3 is 2.58 bits per heavy atom. The van der Waals surface area contributed by atoms with Crippen LogP contribution in [0.1, 0.15) is 32.0 Å². The maximum atomic E-state index is 13.2. The number of rotatable bonds is 6. The number of aryl methyl sites for hydroxylation is 1. The summed E-state index contributed by atoms with van der Waals surface area (Å²) in [6.07, 6.45) is 1.43. The predicted octanol–water partition coefficient (Wildman–Crippen LogP) is 7.54. The van der Waals surface area contributed by atoms with Gasteiger partial charge in [0, 0.05) is 31.5 Å². The molecule has 1 amide bonds. The summed E-state index contributed by atoms with van der Waals surface area (Å²) in [6, 6.07) is 27.3. The van der Waals surface area contributed by atoms with Crippen LogP contribution < -0.4 is 10.2 Å². The molecule has 8 heteroatoms. The monoisotopic (exact) mass is 585 g/mol. The first-order valence-electron chi connectivity index (χ1n) is 11.7. The molecule has 6 nitrogen and oxygen atoms in total. The number of aromatic amines is 1. The van der Waals surface area contributed by atoms with E-state index in [1.54, 1.807) is 42.5 Å². The molecule has 0 aliphatic carbocycles. The highest BCUT2D eigenvalue weighted by atomic mass is 79.9. The van der Waals surface area contributed by atoms with Crippen LogP contribution in [-0.2, 0) is 0 Å². The van der Waals surface area contributed by atoms with Crippen molar-refractivity contribution < 1.29 is 14.3 Å². The molecule has 0 fully saturated rings. The highest BCUT2D eigenvalue weighted by Crippen LogP contribution is 2.34. The Hall–Kier alpha value is -4.20. The molecule has 0 unspecified atom stereocenters. The number of carbonyl (C=O) groups excluding carboxylic acids is 2. The summed E-state index contributed by atoms with van der Waals surface area (Å²) in [7, 11) is 0. The fourth-order valence-electron chi connectivity index (χ4n) is 4.10. The van der Waals surface area contributed by atoms with E-state index in [2.05, 4.69) is 31.4 Å². The number of fused-ring (bicyclic) bond motifs is 1. The zero-order valence-electron chi connectivity index (χ0n) is 20.2. The van der Waals surface area contributed by atoms with Crippen LogP contribution in [0.5, 0.6) is 5.75 Å². The van der Waals surface area contributed by atoms with E-state index in [0.717, 1.165) is 32.1 Å². The molecule has 0 atom stereocenters. The second-order valence-corrected chi connectivity index (χ2v) is 9.92. The molecule has 0 radical (unpaired) electrons. The minimum absolute atomic E-state index is 0.308. The summed E-state index contributed by atoms with van der Waals surface area (Å²) >= 11 is 9.68. The number of H-pyrrole nitrogens is 1. The summed E-state index contributed by atoms with van der Waals surface area (Å²) in [4.78, 5) is 29.1. The predicted molar refractivity (Wildman–Crippen MR) is 154 cm³/mol. The lowest BCUT2D eigenvalue weighted by atomic mass is 10.0. The molecule has 0 saturated carbocycles. The third kappa shape index (κ3) is 5.54. The second kappa shape index (κ2) is 11.0. The normalized spacial score (nSPS) is 11.1. The number of hydrazone groups is 1. The summed E-state index contributed by atoms with van der Waals surface area (Å²) in [5.74, 6) is -0.609. The van der Waals surface area contributed by atoms with E-state index in [4.69, 9.17) is 16.3 Å². The van der Waals surface area contributed by atoms with Gasteiger partial charge in [-0.1, -0.05) is 75.6 Å². The van der Waals surface area contributed by atoms with Crippen molar-refractivity contribution in [1.82, 2.24) is 10.4 Å². The minimum atomic E-state index is -0.487. The lowest BCUT2D eigenvalue weighted by Gasteiger charge is -2.09. The van der Waals surface area contributed by atoms with Crippen LogP contribution in [0.4, 0.5) is 0 Å². The first kappa shape index (κ1) is 25.4. The van der Waals surface area contributed by atoms with Gasteiger partial charge in [-0.05, 0) is 61.0 Å². The number of esters is 1. The lowest BCUT2D eigenvalue weighted by Crippen LogP contribution is -2.19. The van der Waals surface area contributed by atoms with E-state index >= 15 is 0 Å². The molecule has 188 valence electrons. The van der Waals surface area contributed by atoms with Crippen molar-refractivity contribution in [1.29, 1.82) is 0 Å². The number of benzene rings is 4. The smallest absolute Gasteiger partial charge is 0.343 e. The maximum Gasteiger partial charge on any atom is 0.343 e. The van der Waals surface area contributed by atoms with E-state index in [0.29, 0.717) is 27.6 Å². The second-order valence-electron chi connectivity index (χ2n) is 8.57. The Labute approximate surface area is 232 Å². The van der Waals surface area contributed by atoms with Gasteiger partial charge >= 0.3 is 5.97 Å². The van der Waals surface area contributed by atoms with Gasteiger partial charge in [-0.25, -0.2) is 10.2 Å². The Bertz CT molecular complexity index is 1700. The van der Waals surface area contributed by atoms with Crippen molar-refractivity contribution in [3.05, 3.63) is 123 Å². The van der Waals surface area contributed by atoms with Crippen LogP contribution >= 0.6 is 27.5 Å². The summed E-state index contributed by atoms with van der Waals surface area (Å²) in [6.45, 7) is 1.90. The molecule has 1 aromatic heterocycles. The average Bonchev–Trinajstić information content (AvgIpc) is 3.29. The molecule has 1 heterocycles. The van der Waals surface area contributed by atoms with Crippen LogP contribution in [0.2, 0.25) is 5.02 Å². The number of ether oxygens (including phenoxy) is 1. The van der Waals surface area contributed by atoms with Gasteiger partial charge in [0.25, 0.3) is 5.91 Å². The Morgan fingerprint density at radius 2 is 1.79 bits per heavy atom. The van der Waals surface area contributed by atoms with Crippen molar-refractivity contribution in [3.63, 3.8) is 0 Å². The van der Waals surface area contributed by atoms with Crippen LogP contribution in [0, 0.1) is 6.92 Å². The highest BCUT2D eigenvalue weighted by molar-refractivity contribution is 9.10. The van der Waals surface area contributed by atoms with E-state index in [1.807, 2.05) is 55.5 Å². The van der Waals surface area contributed by atoms with Gasteiger partial charge in [-0.3, -0.25) is 4.79 Å². The number of aromatic nitrogens is 1. The first-order valence-corrected chi connectivity index (χ1v) is 12.8. The first-order chi connectivity index (χ1) is 18.4. The number of nitrogens with one attached hydrogen (secondary N) is 2. The molecule has 4 aromatic carbocycles. The van der Waals surface area contributed by atoms with Crippen LogP contribution in [0.25, 0.3) is 22.0 Å². The molecule has 2 N–H and O–H groups in total. The molecule has 5 aromatic rings. The topological polar surface area (TPSA) is 83.5 Å². The number of hydrogen-bond acceptors (Lipinski definition) is 4. The molecular formula is C30H21BrClN3O3. The molecule has 38 heavy (non-hydrogen) atoms. The number of amides is 1. The van der Waals surface area contributed by atoms with Gasteiger partial charge in [-0.15, -0.1) is 0 Å². The highest BCUT2D eigenvalue weighted by Gasteiger charge is 2.19. The molecule has 0 spiro atoms. The van der Waals surface area contributed by atoms with Gasteiger partial charge < -0.3 is 9.72 Å². The van der Waals surface area contributed by atoms with Crippen molar-refractivity contribution in [3.8, 4) is 16.9 Å². The van der Waals surface area contributed by atoms with Crippen LogP contribution in [0.15, 0.2) is 101 Å². The van der Waals surface area contributed by atoms with Crippen LogP contribution in [-0.4, -0.2) is 23.1 Å². The zero-order chi connectivity index (χ0) is 26.6. The van der Waals surface area contributed by atoms with Crippen molar-refractivity contribution in [2.45, 2.75) is 6.92 Å². The molecule has 5 rings (SSSR count). The lowest BCUT2D eigenvalue weighted by molar-refractivity contribution is 0.0734.